The highest BCUT2D eigenvalue weighted by Gasteiger charge is 2.10. The van der Waals surface area contributed by atoms with Gasteiger partial charge in [0, 0.05) is 19.0 Å². The highest BCUT2D eigenvalue weighted by molar-refractivity contribution is 7.07. The molecule has 1 rings (SSSR count). The summed E-state index contributed by atoms with van der Waals surface area (Å²) in [5, 5.41) is 12.9. The van der Waals surface area contributed by atoms with Crippen molar-refractivity contribution >= 4 is 17.3 Å². The van der Waals surface area contributed by atoms with E-state index >= 15 is 0 Å². The maximum absolute atomic E-state index is 10.5. The van der Waals surface area contributed by atoms with Crippen molar-refractivity contribution < 1.29 is 9.90 Å². The van der Waals surface area contributed by atoms with Crippen molar-refractivity contribution in [2.24, 2.45) is 0 Å². The molecule has 0 fully saturated rings. The van der Waals surface area contributed by atoms with Crippen molar-refractivity contribution in [2.75, 3.05) is 13.1 Å². The smallest absolute Gasteiger partial charge is 0.303 e. The molecule has 17 heavy (non-hydrogen) atoms. The van der Waals surface area contributed by atoms with Gasteiger partial charge < -0.3 is 10.0 Å². The summed E-state index contributed by atoms with van der Waals surface area (Å²) in [5.74, 6) is -0.702. The monoisotopic (exact) mass is 255 g/mol. The Morgan fingerprint density at radius 1 is 1.47 bits per heavy atom. The standard InChI is InChI=1S/C13H21NO2S/c1-11(2)14(7-3-4-13(15)16)8-5-12-6-9-17-10-12/h6,9-11H,3-5,7-8H2,1-2H3,(H,15,16). The molecule has 0 atom stereocenters. The summed E-state index contributed by atoms with van der Waals surface area (Å²) in [7, 11) is 0. The lowest BCUT2D eigenvalue weighted by atomic mass is 10.2. The van der Waals surface area contributed by atoms with Crippen LogP contribution in [0.1, 0.15) is 32.3 Å². The molecule has 0 unspecified atom stereocenters. The van der Waals surface area contributed by atoms with Gasteiger partial charge in [0.25, 0.3) is 0 Å². The number of carboxylic acid groups (broad SMARTS) is 1. The van der Waals surface area contributed by atoms with Crippen LogP contribution in [-0.2, 0) is 11.2 Å². The zero-order chi connectivity index (χ0) is 12.7. The van der Waals surface area contributed by atoms with Crippen LogP contribution in [0.2, 0.25) is 0 Å². The number of hydrogen-bond acceptors (Lipinski definition) is 3. The Morgan fingerprint density at radius 2 is 2.24 bits per heavy atom. The van der Waals surface area contributed by atoms with Crippen molar-refractivity contribution in [3.63, 3.8) is 0 Å². The van der Waals surface area contributed by atoms with Gasteiger partial charge in [-0.05, 0) is 55.6 Å². The third-order valence-corrected chi connectivity index (χ3v) is 3.57. The van der Waals surface area contributed by atoms with E-state index < -0.39 is 5.97 Å². The quantitative estimate of drug-likeness (QED) is 0.776. The topological polar surface area (TPSA) is 40.5 Å². The van der Waals surface area contributed by atoms with Crippen LogP contribution in [-0.4, -0.2) is 35.1 Å². The number of carbonyl (C=O) groups is 1. The average Bonchev–Trinajstić information content (AvgIpc) is 2.74. The molecule has 3 nitrogen and oxygen atoms in total. The first kappa shape index (κ1) is 14.2. The fourth-order valence-electron chi connectivity index (χ4n) is 1.77. The predicted molar refractivity (Wildman–Crippen MR) is 71.6 cm³/mol. The van der Waals surface area contributed by atoms with Crippen LogP contribution in [0.15, 0.2) is 16.8 Å². The molecule has 4 heteroatoms. The molecule has 0 saturated heterocycles. The Kier molecular flexibility index (Phi) is 6.22. The van der Waals surface area contributed by atoms with Gasteiger partial charge in [0.05, 0.1) is 0 Å². The molecule has 0 aliphatic carbocycles. The van der Waals surface area contributed by atoms with Crippen LogP contribution < -0.4 is 0 Å². The van der Waals surface area contributed by atoms with Crippen molar-refractivity contribution in [2.45, 2.75) is 39.2 Å². The first-order chi connectivity index (χ1) is 8.09. The highest BCUT2D eigenvalue weighted by atomic mass is 32.1. The molecule has 0 spiro atoms. The summed E-state index contributed by atoms with van der Waals surface area (Å²) in [4.78, 5) is 12.8. The lowest BCUT2D eigenvalue weighted by molar-refractivity contribution is -0.137. The number of carboxylic acids is 1. The summed E-state index contributed by atoms with van der Waals surface area (Å²) < 4.78 is 0. The number of nitrogens with zero attached hydrogens (tertiary/aromatic N) is 1. The average molecular weight is 255 g/mol. The van der Waals surface area contributed by atoms with E-state index in [2.05, 4.69) is 35.6 Å². The molecule has 0 amide bonds. The van der Waals surface area contributed by atoms with E-state index in [1.807, 2.05) is 0 Å². The van der Waals surface area contributed by atoms with Gasteiger partial charge in [-0.2, -0.15) is 11.3 Å². The second-order valence-electron chi connectivity index (χ2n) is 4.51. The van der Waals surface area contributed by atoms with Gasteiger partial charge in [-0.25, -0.2) is 0 Å². The molecule has 96 valence electrons. The molecule has 0 aliphatic heterocycles. The predicted octanol–water partition coefficient (Wildman–Crippen LogP) is 2.87. The van der Waals surface area contributed by atoms with E-state index in [1.165, 1.54) is 5.56 Å². The van der Waals surface area contributed by atoms with Crippen molar-refractivity contribution in [3.8, 4) is 0 Å². The fourth-order valence-corrected chi connectivity index (χ4v) is 2.47. The molecule has 1 N–H and O–H groups in total. The summed E-state index contributed by atoms with van der Waals surface area (Å²) in [6.45, 7) is 6.20. The third-order valence-electron chi connectivity index (χ3n) is 2.83. The minimum Gasteiger partial charge on any atom is -0.481 e. The minimum atomic E-state index is -0.702. The summed E-state index contributed by atoms with van der Waals surface area (Å²) in [6.07, 6.45) is 2.05. The van der Waals surface area contributed by atoms with E-state index in [1.54, 1.807) is 11.3 Å². The molecular weight excluding hydrogens is 234 g/mol. The van der Waals surface area contributed by atoms with Crippen LogP contribution in [0.25, 0.3) is 0 Å². The van der Waals surface area contributed by atoms with Crippen LogP contribution in [0.3, 0.4) is 0 Å². The molecule has 0 aliphatic rings. The van der Waals surface area contributed by atoms with Gasteiger partial charge in [0.1, 0.15) is 0 Å². The lowest BCUT2D eigenvalue weighted by Crippen LogP contribution is -2.33. The van der Waals surface area contributed by atoms with Crippen LogP contribution >= 0.6 is 11.3 Å². The van der Waals surface area contributed by atoms with Gasteiger partial charge >= 0.3 is 5.97 Å². The first-order valence-corrected chi connectivity index (χ1v) is 7.01. The second kappa shape index (κ2) is 7.45. The van der Waals surface area contributed by atoms with E-state index in [4.69, 9.17) is 5.11 Å². The van der Waals surface area contributed by atoms with Crippen molar-refractivity contribution in [3.05, 3.63) is 22.4 Å². The maximum atomic E-state index is 10.5. The lowest BCUT2D eigenvalue weighted by Gasteiger charge is -2.26. The molecule has 0 bridgehead atoms. The number of thiophene rings is 1. The highest BCUT2D eigenvalue weighted by Crippen LogP contribution is 2.09. The van der Waals surface area contributed by atoms with Gasteiger partial charge in [-0.1, -0.05) is 0 Å². The Balaban J connectivity index is 2.30. The van der Waals surface area contributed by atoms with Gasteiger partial charge in [0.2, 0.25) is 0 Å². The molecule has 1 aromatic rings. The molecule has 1 heterocycles. The molecular formula is C13H21NO2S. The Morgan fingerprint density at radius 3 is 2.76 bits per heavy atom. The second-order valence-corrected chi connectivity index (χ2v) is 5.29. The van der Waals surface area contributed by atoms with Gasteiger partial charge in [0.15, 0.2) is 0 Å². The Bertz CT molecular complexity index is 322. The van der Waals surface area contributed by atoms with Gasteiger partial charge in [-0.15, -0.1) is 0 Å². The van der Waals surface area contributed by atoms with E-state index in [9.17, 15) is 4.79 Å². The number of hydrogen-bond donors (Lipinski definition) is 1. The van der Waals surface area contributed by atoms with E-state index in [-0.39, 0.29) is 6.42 Å². The van der Waals surface area contributed by atoms with Crippen LogP contribution in [0, 0.1) is 0 Å². The maximum Gasteiger partial charge on any atom is 0.303 e. The molecule has 1 aromatic heterocycles. The summed E-state index contributed by atoms with van der Waals surface area (Å²) in [6, 6.07) is 2.63. The summed E-state index contributed by atoms with van der Waals surface area (Å²) in [5.41, 5.74) is 1.37. The zero-order valence-electron chi connectivity index (χ0n) is 10.6. The van der Waals surface area contributed by atoms with Crippen LogP contribution in [0.5, 0.6) is 0 Å². The Labute approximate surface area is 107 Å². The molecule has 0 saturated carbocycles. The van der Waals surface area contributed by atoms with E-state index in [0.29, 0.717) is 6.04 Å². The van der Waals surface area contributed by atoms with Gasteiger partial charge in [-0.3, -0.25) is 4.79 Å². The fraction of sp³-hybridized carbons (Fsp3) is 0.615. The Hall–Kier alpha value is -0.870. The number of aliphatic carboxylic acids is 1. The SMILES string of the molecule is CC(C)N(CCCC(=O)O)CCc1ccsc1. The van der Waals surface area contributed by atoms with Crippen molar-refractivity contribution in [1.82, 2.24) is 4.90 Å². The first-order valence-electron chi connectivity index (χ1n) is 6.06. The van der Waals surface area contributed by atoms with E-state index in [0.717, 1.165) is 25.9 Å². The zero-order valence-corrected chi connectivity index (χ0v) is 11.4. The molecule has 0 radical (unpaired) electrons. The number of rotatable bonds is 8. The molecule has 0 aromatic carbocycles. The normalized spacial score (nSPS) is 11.3. The summed E-state index contributed by atoms with van der Waals surface area (Å²) >= 11 is 1.73. The minimum absolute atomic E-state index is 0.266. The third kappa shape index (κ3) is 5.84. The van der Waals surface area contributed by atoms with Crippen LogP contribution in [0.4, 0.5) is 0 Å². The van der Waals surface area contributed by atoms with Crippen molar-refractivity contribution in [1.29, 1.82) is 0 Å². The largest absolute Gasteiger partial charge is 0.481 e.